The molecule has 0 aromatic heterocycles. The summed E-state index contributed by atoms with van der Waals surface area (Å²) in [6.07, 6.45) is 0.799. The van der Waals surface area contributed by atoms with Crippen LogP contribution in [0, 0.1) is 17.0 Å². The number of aryl methyl sites for hydroxylation is 1. The average molecular weight is 375 g/mol. The molecule has 0 aliphatic carbocycles. The second kappa shape index (κ2) is 7.95. The van der Waals surface area contributed by atoms with Gasteiger partial charge in [0.2, 0.25) is 0 Å². The molecule has 0 saturated carbocycles. The van der Waals surface area contributed by atoms with Crippen molar-refractivity contribution in [2.75, 3.05) is 6.61 Å². The molecule has 0 bridgehead atoms. The molecule has 1 aromatic rings. The number of hydrogen-bond acceptors (Lipinski definition) is 5. The molecule has 0 spiro atoms. The summed E-state index contributed by atoms with van der Waals surface area (Å²) in [6, 6.07) is 7.59. The lowest BCUT2D eigenvalue weighted by molar-refractivity contribution is -0.422. The third-order valence-electron chi connectivity index (χ3n) is 3.28. The number of thioether (sulfide) groups is 1. The van der Waals surface area contributed by atoms with Gasteiger partial charge in [0, 0.05) is 4.90 Å². The molecule has 124 valence electrons. The van der Waals surface area contributed by atoms with Crippen molar-refractivity contribution in [1.29, 1.82) is 0 Å². The maximum atomic E-state index is 11.5. The summed E-state index contributed by atoms with van der Waals surface area (Å²) in [5.74, 6) is 0.107. The van der Waals surface area contributed by atoms with Gasteiger partial charge in [-0.3, -0.25) is 10.1 Å². The Balaban J connectivity index is 2.38. The quantitative estimate of drug-likeness (QED) is 0.464. The smallest absolute Gasteiger partial charge is 0.344 e. The summed E-state index contributed by atoms with van der Waals surface area (Å²) in [4.78, 5) is 12.0. The van der Waals surface area contributed by atoms with Crippen LogP contribution >= 0.6 is 35.0 Å². The van der Waals surface area contributed by atoms with Crippen LogP contribution in [0.5, 0.6) is 0 Å². The summed E-state index contributed by atoms with van der Waals surface area (Å²) in [5, 5.41) is 14.5. The van der Waals surface area contributed by atoms with Gasteiger partial charge in [0.15, 0.2) is 0 Å². The molecule has 1 aliphatic rings. The van der Waals surface area contributed by atoms with Crippen LogP contribution in [0.4, 0.5) is 0 Å². The molecule has 0 radical (unpaired) electrons. The highest BCUT2D eigenvalue weighted by Crippen LogP contribution is 2.39. The second-order valence-electron chi connectivity index (χ2n) is 5.00. The molecule has 5 nitrogen and oxygen atoms in total. The fraction of sp³-hybridized carbons (Fsp3) is 0.333. The van der Waals surface area contributed by atoms with Crippen molar-refractivity contribution in [3.63, 3.8) is 0 Å². The molecule has 1 atom stereocenters. The zero-order chi connectivity index (χ0) is 17.0. The Labute approximate surface area is 148 Å². The number of rotatable bonds is 5. The minimum absolute atomic E-state index is 0.0414. The first-order chi connectivity index (χ1) is 10.9. The summed E-state index contributed by atoms with van der Waals surface area (Å²) in [6.45, 7) is 4.32. The average Bonchev–Trinajstić information content (AvgIpc) is 2.96. The van der Waals surface area contributed by atoms with Gasteiger partial charge in [-0.2, -0.15) is 0 Å². The predicted octanol–water partition coefficient (Wildman–Crippen LogP) is 4.58. The Morgan fingerprint density at radius 3 is 2.57 bits per heavy atom. The van der Waals surface area contributed by atoms with Crippen LogP contribution < -0.4 is 5.32 Å². The Morgan fingerprint density at radius 2 is 2.09 bits per heavy atom. The summed E-state index contributed by atoms with van der Waals surface area (Å²) >= 11 is 13.0. The monoisotopic (exact) mass is 374 g/mol. The highest BCUT2D eigenvalue weighted by molar-refractivity contribution is 8.03. The molecule has 1 N–H and O–H groups in total. The fourth-order valence-electron chi connectivity index (χ4n) is 1.98. The summed E-state index contributed by atoms with van der Waals surface area (Å²) in [7, 11) is 0. The van der Waals surface area contributed by atoms with Gasteiger partial charge in [-0.1, -0.05) is 59.6 Å². The molecular weight excluding hydrogens is 359 g/mol. The molecule has 23 heavy (non-hydrogen) atoms. The van der Waals surface area contributed by atoms with Gasteiger partial charge in [0.05, 0.1) is 11.0 Å². The number of nitrogens with one attached hydrogen (secondary N) is 1. The molecule has 1 heterocycles. The minimum atomic E-state index is -0.526. The number of benzene rings is 1. The predicted molar refractivity (Wildman–Crippen MR) is 93.0 cm³/mol. The molecule has 1 saturated heterocycles. The van der Waals surface area contributed by atoms with Crippen LogP contribution in [0.15, 0.2) is 50.1 Å². The van der Waals surface area contributed by atoms with E-state index >= 15 is 0 Å². The van der Waals surface area contributed by atoms with Crippen molar-refractivity contribution in [2.24, 2.45) is 0 Å². The highest BCUT2D eigenvalue weighted by Gasteiger charge is 2.33. The van der Waals surface area contributed by atoms with E-state index in [1.807, 2.05) is 38.1 Å². The van der Waals surface area contributed by atoms with Gasteiger partial charge in [-0.15, -0.1) is 0 Å². The van der Waals surface area contributed by atoms with Gasteiger partial charge < -0.3 is 10.1 Å². The van der Waals surface area contributed by atoms with Gasteiger partial charge >= 0.3 is 5.70 Å². The minimum Gasteiger partial charge on any atom is -0.472 e. The first-order valence-corrected chi connectivity index (χ1v) is 8.57. The molecule has 1 aromatic carbocycles. The SMILES string of the molecule is CCC1CO/C(=C(\C(Sc2ccc(C)cc2)=C(Cl)Cl)[N+](=O)[O-])N1. The van der Waals surface area contributed by atoms with Gasteiger partial charge in [-0.05, 0) is 25.5 Å². The van der Waals surface area contributed by atoms with E-state index in [4.69, 9.17) is 27.9 Å². The van der Waals surface area contributed by atoms with Crippen LogP contribution in [-0.4, -0.2) is 17.6 Å². The van der Waals surface area contributed by atoms with Gasteiger partial charge in [-0.25, -0.2) is 0 Å². The van der Waals surface area contributed by atoms with Crippen LogP contribution in [0.25, 0.3) is 0 Å². The molecule has 1 aliphatic heterocycles. The van der Waals surface area contributed by atoms with Gasteiger partial charge in [0.25, 0.3) is 5.88 Å². The van der Waals surface area contributed by atoms with Crippen LogP contribution in [-0.2, 0) is 4.74 Å². The largest absolute Gasteiger partial charge is 0.472 e. The normalized spacial score (nSPS) is 18.9. The van der Waals surface area contributed by atoms with Crippen LogP contribution in [0.2, 0.25) is 0 Å². The Morgan fingerprint density at radius 1 is 1.43 bits per heavy atom. The number of hydrogen-bond donors (Lipinski definition) is 1. The molecule has 1 unspecified atom stereocenters. The van der Waals surface area contributed by atoms with E-state index < -0.39 is 4.92 Å². The first kappa shape index (κ1) is 18.0. The van der Waals surface area contributed by atoms with Crippen LogP contribution in [0.3, 0.4) is 0 Å². The second-order valence-corrected chi connectivity index (χ2v) is 7.03. The number of halogens is 2. The molecule has 1 fully saturated rings. The van der Waals surface area contributed by atoms with E-state index in [1.54, 1.807) is 0 Å². The Hall–Kier alpha value is -1.37. The van der Waals surface area contributed by atoms with Crippen LogP contribution in [0.1, 0.15) is 18.9 Å². The fourth-order valence-corrected chi connectivity index (χ4v) is 3.24. The third kappa shape index (κ3) is 4.56. The van der Waals surface area contributed by atoms with E-state index in [0.29, 0.717) is 6.61 Å². The number of nitro groups is 1. The maximum absolute atomic E-state index is 11.5. The summed E-state index contributed by atoms with van der Waals surface area (Å²) < 4.78 is 5.26. The standard InChI is InChI=1S/C15H16Cl2N2O3S/c1-3-10-8-22-15(18-10)12(19(20)21)13(14(16)17)23-11-6-4-9(2)5-7-11/h4-7,10,18H,3,8H2,1-2H3/b15-12+. The summed E-state index contributed by atoms with van der Waals surface area (Å²) in [5.41, 5.74) is 0.850. The lowest BCUT2D eigenvalue weighted by Gasteiger charge is -2.08. The first-order valence-electron chi connectivity index (χ1n) is 7.00. The van der Waals surface area contributed by atoms with Crippen molar-refractivity contribution in [3.8, 4) is 0 Å². The number of nitrogens with zero attached hydrogens (tertiary/aromatic N) is 1. The van der Waals surface area contributed by atoms with Gasteiger partial charge in [0.1, 0.15) is 16.0 Å². The maximum Gasteiger partial charge on any atom is 0.344 e. The topological polar surface area (TPSA) is 64.4 Å². The van der Waals surface area contributed by atoms with Crippen molar-refractivity contribution >= 4 is 35.0 Å². The number of ether oxygens (including phenoxy) is 1. The van der Waals surface area contributed by atoms with Crippen molar-refractivity contribution in [3.05, 3.63) is 60.9 Å². The zero-order valence-corrected chi connectivity index (χ0v) is 15.0. The molecule has 2 rings (SSSR count). The third-order valence-corrected chi connectivity index (χ3v) is 4.99. The lowest BCUT2D eigenvalue weighted by Crippen LogP contribution is -2.23. The highest BCUT2D eigenvalue weighted by atomic mass is 35.5. The van der Waals surface area contributed by atoms with E-state index in [2.05, 4.69) is 5.32 Å². The van der Waals surface area contributed by atoms with E-state index in [-0.39, 0.29) is 27.0 Å². The van der Waals surface area contributed by atoms with Crippen molar-refractivity contribution in [1.82, 2.24) is 5.32 Å². The van der Waals surface area contributed by atoms with Crippen molar-refractivity contribution in [2.45, 2.75) is 31.2 Å². The lowest BCUT2D eigenvalue weighted by atomic mass is 10.2. The Bertz CT molecular complexity index is 655. The van der Waals surface area contributed by atoms with E-state index in [9.17, 15) is 10.1 Å². The molecule has 0 amide bonds. The Kier molecular flexibility index (Phi) is 6.21. The zero-order valence-electron chi connectivity index (χ0n) is 12.6. The van der Waals surface area contributed by atoms with Crippen molar-refractivity contribution < 1.29 is 9.66 Å². The van der Waals surface area contributed by atoms with E-state index in [1.165, 1.54) is 0 Å². The molecular formula is C15H16Cl2N2O3S. The van der Waals surface area contributed by atoms with E-state index in [0.717, 1.165) is 28.6 Å². The molecule has 8 heteroatoms.